The first-order chi connectivity index (χ1) is 6.08. The second kappa shape index (κ2) is 4.06. The molecule has 0 radical (unpaired) electrons. The molecule has 0 N–H and O–H groups in total. The van der Waals surface area contributed by atoms with Gasteiger partial charge in [-0.3, -0.25) is 0 Å². The van der Waals surface area contributed by atoms with Crippen LogP contribution in [-0.2, 0) is 0 Å². The van der Waals surface area contributed by atoms with E-state index >= 15 is 0 Å². The smallest absolute Gasteiger partial charge is 0.0654 e. The van der Waals surface area contributed by atoms with Crippen molar-refractivity contribution in [1.82, 2.24) is 0 Å². The molecule has 1 aliphatic carbocycles. The van der Waals surface area contributed by atoms with Gasteiger partial charge in [0, 0.05) is 0 Å². The Labute approximate surface area is 84.9 Å². The normalized spacial score (nSPS) is 23.9. The number of unbranched alkanes of at least 4 members (excludes halogenated alkanes) is 1. The molecule has 1 aliphatic rings. The van der Waals surface area contributed by atoms with Crippen LogP contribution in [0, 0.1) is 5.41 Å². The van der Waals surface area contributed by atoms with Gasteiger partial charge in [0.25, 0.3) is 0 Å². The molecular formula is C12H25B. The highest BCUT2D eigenvalue weighted by molar-refractivity contribution is 6.17. The van der Waals surface area contributed by atoms with Crippen molar-refractivity contribution >= 4 is 7.85 Å². The molecule has 0 amide bonds. The Morgan fingerprint density at radius 3 is 2.15 bits per heavy atom. The number of hydrogen-bond acceptors (Lipinski definition) is 0. The topological polar surface area (TPSA) is 0 Å². The molecule has 0 aromatic carbocycles. The summed E-state index contributed by atoms with van der Waals surface area (Å²) in [5, 5.41) is 0.707. The van der Waals surface area contributed by atoms with Crippen molar-refractivity contribution in [3.05, 3.63) is 0 Å². The Morgan fingerprint density at radius 1 is 1.15 bits per heavy atom. The average Bonchev–Trinajstić information content (AvgIpc) is 2.82. The molecule has 0 aliphatic heterocycles. The molecule has 1 unspecified atom stereocenters. The second-order valence-electron chi connectivity index (χ2n) is 5.47. The van der Waals surface area contributed by atoms with Gasteiger partial charge >= 0.3 is 0 Å². The third-order valence-electron chi connectivity index (χ3n) is 4.34. The fourth-order valence-corrected chi connectivity index (χ4v) is 2.64. The molecule has 76 valence electrons. The van der Waals surface area contributed by atoms with Crippen molar-refractivity contribution in [1.29, 1.82) is 0 Å². The first kappa shape index (κ1) is 11.1. The molecule has 1 saturated carbocycles. The van der Waals surface area contributed by atoms with E-state index in [0.29, 0.717) is 10.7 Å². The van der Waals surface area contributed by atoms with Crippen molar-refractivity contribution in [2.75, 3.05) is 0 Å². The van der Waals surface area contributed by atoms with Crippen molar-refractivity contribution < 1.29 is 0 Å². The summed E-state index contributed by atoms with van der Waals surface area (Å²) in [4.78, 5) is 0. The number of rotatable bonds is 6. The van der Waals surface area contributed by atoms with Crippen LogP contribution < -0.4 is 0 Å². The van der Waals surface area contributed by atoms with Crippen molar-refractivity contribution in [2.45, 2.75) is 71.0 Å². The van der Waals surface area contributed by atoms with Crippen molar-refractivity contribution in [3.63, 3.8) is 0 Å². The lowest BCUT2D eigenvalue weighted by Gasteiger charge is -2.36. The van der Waals surface area contributed by atoms with Gasteiger partial charge in [-0.1, -0.05) is 58.2 Å². The number of hydrogen-bond donors (Lipinski definition) is 0. The predicted molar refractivity (Wildman–Crippen MR) is 63.0 cm³/mol. The highest BCUT2D eigenvalue weighted by Crippen LogP contribution is 2.66. The maximum absolute atomic E-state index is 2.53. The highest BCUT2D eigenvalue weighted by atomic mass is 14.5. The van der Waals surface area contributed by atoms with E-state index in [2.05, 4.69) is 28.6 Å². The van der Waals surface area contributed by atoms with E-state index in [-0.39, 0.29) is 0 Å². The van der Waals surface area contributed by atoms with Gasteiger partial charge in [-0.05, 0) is 18.3 Å². The molecule has 0 aromatic rings. The van der Waals surface area contributed by atoms with Crippen LogP contribution in [0.5, 0.6) is 0 Å². The van der Waals surface area contributed by atoms with Crippen molar-refractivity contribution in [2.24, 2.45) is 5.41 Å². The zero-order valence-corrected chi connectivity index (χ0v) is 9.95. The quantitative estimate of drug-likeness (QED) is 0.548. The lowest BCUT2D eigenvalue weighted by molar-refractivity contribution is 0.230. The maximum atomic E-state index is 2.53. The first-order valence-corrected chi connectivity index (χ1v) is 6.08. The summed E-state index contributed by atoms with van der Waals surface area (Å²) in [6.45, 7) is 7.16. The summed E-state index contributed by atoms with van der Waals surface area (Å²) in [7, 11) is 2.50. The zero-order valence-electron chi connectivity index (χ0n) is 9.95. The minimum absolute atomic E-state index is 0.651. The summed E-state index contributed by atoms with van der Waals surface area (Å²) < 4.78 is 0. The molecule has 0 spiro atoms. The van der Waals surface area contributed by atoms with E-state index in [1.807, 2.05) is 0 Å². The average molecular weight is 180 g/mol. The minimum Gasteiger partial charge on any atom is -0.0654 e. The van der Waals surface area contributed by atoms with Gasteiger partial charge in [0.1, 0.15) is 7.85 Å². The van der Waals surface area contributed by atoms with Gasteiger partial charge in [-0.15, -0.1) is 0 Å². The molecule has 0 bridgehead atoms. The Hall–Kier alpha value is 0.0649. The lowest BCUT2D eigenvalue weighted by Crippen LogP contribution is -2.24. The first-order valence-electron chi connectivity index (χ1n) is 6.08. The van der Waals surface area contributed by atoms with E-state index in [1.54, 1.807) is 0 Å². The molecular weight excluding hydrogens is 155 g/mol. The summed E-state index contributed by atoms with van der Waals surface area (Å²) >= 11 is 0. The zero-order chi connectivity index (χ0) is 9.95. The molecule has 1 fully saturated rings. The maximum Gasteiger partial charge on any atom is 0.110 e. The summed E-state index contributed by atoms with van der Waals surface area (Å²) in [5.74, 6) is 0. The van der Waals surface area contributed by atoms with E-state index in [1.165, 1.54) is 44.9 Å². The van der Waals surface area contributed by atoms with Crippen LogP contribution in [0.3, 0.4) is 0 Å². The van der Waals surface area contributed by atoms with Gasteiger partial charge in [0.2, 0.25) is 0 Å². The molecule has 0 nitrogen and oxygen atoms in total. The summed E-state index contributed by atoms with van der Waals surface area (Å²) in [6, 6.07) is 0. The van der Waals surface area contributed by atoms with Crippen LogP contribution in [0.1, 0.15) is 65.7 Å². The van der Waals surface area contributed by atoms with Gasteiger partial charge in [0.05, 0.1) is 0 Å². The molecule has 1 heteroatoms. The minimum atomic E-state index is 0.651. The summed E-state index contributed by atoms with van der Waals surface area (Å²) in [6.07, 6.45) is 9.98. The molecule has 13 heavy (non-hydrogen) atoms. The molecule has 1 rings (SSSR count). The SMILES string of the molecule is BC1(C(C)(CCC)CCCC)CC1. The Kier molecular flexibility index (Phi) is 3.48. The Morgan fingerprint density at radius 2 is 1.77 bits per heavy atom. The van der Waals surface area contributed by atoms with Gasteiger partial charge in [-0.2, -0.15) is 0 Å². The lowest BCUT2D eigenvalue weighted by atomic mass is 9.59. The fourth-order valence-electron chi connectivity index (χ4n) is 2.64. The van der Waals surface area contributed by atoms with E-state index in [9.17, 15) is 0 Å². The van der Waals surface area contributed by atoms with Crippen LogP contribution >= 0.6 is 0 Å². The van der Waals surface area contributed by atoms with Crippen LogP contribution in [0.4, 0.5) is 0 Å². The van der Waals surface area contributed by atoms with E-state index in [4.69, 9.17) is 0 Å². The third kappa shape index (κ3) is 2.30. The predicted octanol–water partition coefficient (Wildman–Crippen LogP) is 3.57. The standard InChI is InChI=1S/C12H25B/c1-4-6-8-11(3,7-5-2)12(13)9-10-12/h4-10,13H2,1-3H3. The second-order valence-corrected chi connectivity index (χ2v) is 5.47. The third-order valence-corrected chi connectivity index (χ3v) is 4.34. The highest BCUT2D eigenvalue weighted by Gasteiger charge is 2.50. The molecule has 0 saturated heterocycles. The van der Waals surface area contributed by atoms with E-state index < -0.39 is 0 Å². The molecule has 0 aromatic heterocycles. The van der Waals surface area contributed by atoms with Gasteiger partial charge in [-0.25, -0.2) is 0 Å². The Bertz CT molecular complexity index is 161. The summed E-state index contributed by atoms with van der Waals surface area (Å²) in [5.41, 5.74) is 0.651. The van der Waals surface area contributed by atoms with E-state index in [0.717, 1.165) is 0 Å². The monoisotopic (exact) mass is 180 g/mol. The molecule has 1 atom stereocenters. The van der Waals surface area contributed by atoms with Gasteiger partial charge < -0.3 is 0 Å². The van der Waals surface area contributed by atoms with Crippen LogP contribution in [0.15, 0.2) is 0 Å². The molecule has 0 heterocycles. The van der Waals surface area contributed by atoms with Crippen LogP contribution in [-0.4, -0.2) is 7.85 Å². The van der Waals surface area contributed by atoms with Crippen molar-refractivity contribution in [3.8, 4) is 0 Å². The van der Waals surface area contributed by atoms with Crippen LogP contribution in [0.25, 0.3) is 0 Å². The van der Waals surface area contributed by atoms with Crippen LogP contribution in [0.2, 0.25) is 5.31 Å². The largest absolute Gasteiger partial charge is 0.110 e. The van der Waals surface area contributed by atoms with Gasteiger partial charge in [0.15, 0.2) is 0 Å². The fraction of sp³-hybridized carbons (Fsp3) is 1.00. The Balaban J connectivity index is 2.52.